The summed E-state index contributed by atoms with van der Waals surface area (Å²) in [7, 11) is 0. The van der Waals surface area contributed by atoms with Gasteiger partial charge in [-0.15, -0.1) is 0 Å². The minimum absolute atomic E-state index is 0.238. The number of hydrogen-bond donors (Lipinski definition) is 1. The summed E-state index contributed by atoms with van der Waals surface area (Å²) in [5, 5.41) is 10.3. The summed E-state index contributed by atoms with van der Waals surface area (Å²) in [4.78, 5) is 23.6. The number of esters is 2. The van der Waals surface area contributed by atoms with Crippen molar-refractivity contribution < 1.29 is 38.0 Å². The lowest BCUT2D eigenvalue weighted by molar-refractivity contribution is -0.283. The van der Waals surface area contributed by atoms with Crippen LogP contribution < -0.4 is 0 Å². The van der Waals surface area contributed by atoms with Crippen LogP contribution in [0.3, 0.4) is 0 Å². The Morgan fingerprint density at radius 1 is 0.784 bits per heavy atom. The van der Waals surface area contributed by atoms with Crippen LogP contribution in [0.25, 0.3) is 0 Å². The number of alkyl halides is 1. The molecule has 0 bridgehead atoms. The Morgan fingerprint density at radius 2 is 1.19 bits per heavy atom. The lowest BCUT2D eigenvalue weighted by Crippen LogP contribution is -2.60. The molecule has 1 heterocycles. The summed E-state index contributed by atoms with van der Waals surface area (Å²) in [5.41, 5.74) is 1.30. The maximum absolute atomic E-state index is 14.9. The van der Waals surface area contributed by atoms with Crippen LogP contribution in [-0.4, -0.2) is 54.4 Å². The van der Waals surface area contributed by atoms with Crippen LogP contribution in [-0.2, 0) is 34.1 Å². The Balaban J connectivity index is 1.78. The molecule has 3 aromatic carbocycles. The van der Waals surface area contributed by atoms with Crippen LogP contribution in [0.5, 0.6) is 0 Å². The zero-order valence-electron chi connectivity index (χ0n) is 20.5. The van der Waals surface area contributed by atoms with Crippen LogP contribution in [0.2, 0.25) is 0 Å². The van der Waals surface area contributed by atoms with Crippen molar-refractivity contribution in [3.63, 3.8) is 0 Å². The van der Waals surface area contributed by atoms with Gasteiger partial charge in [-0.1, -0.05) is 91.0 Å². The summed E-state index contributed by atoms with van der Waals surface area (Å²) < 4.78 is 37.5. The maximum Gasteiger partial charge on any atom is 0.303 e. The number of aliphatic hydroxyl groups excluding tert-OH is 1. The molecule has 8 heteroatoms. The van der Waals surface area contributed by atoms with Crippen molar-refractivity contribution in [2.24, 2.45) is 0 Å². The van der Waals surface area contributed by atoms with Gasteiger partial charge in [-0.05, 0) is 16.7 Å². The minimum atomic E-state index is -2.12. The Morgan fingerprint density at radius 3 is 1.59 bits per heavy atom. The Labute approximate surface area is 214 Å². The molecule has 1 aliphatic heterocycles. The highest BCUT2D eigenvalue weighted by Crippen LogP contribution is 2.41. The lowest BCUT2D eigenvalue weighted by Gasteiger charge is -2.42. The number of carbonyl (C=O) groups is 2. The van der Waals surface area contributed by atoms with Crippen molar-refractivity contribution in [1.82, 2.24) is 0 Å². The molecule has 0 amide bonds. The second kappa shape index (κ2) is 11.6. The number of benzene rings is 3. The first kappa shape index (κ1) is 26.5. The first-order chi connectivity index (χ1) is 17.8. The second-order valence-electron chi connectivity index (χ2n) is 8.75. The molecular formula is C29H29FO7. The van der Waals surface area contributed by atoms with Crippen LogP contribution in [0, 0.1) is 0 Å². The number of hydrogen-bond acceptors (Lipinski definition) is 7. The van der Waals surface area contributed by atoms with Gasteiger partial charge in [-0.3, -0.25) is 9.59 Å². The van der Waals surface area contributed by atoms with Gasteiger partial charge in [0, 0.05) is 13.8 Å². The lowest BCUT2D eigenvalue weighted by atomic mass is 9.80. The smallest absolute Gasteiger partial charge is 0.303 e. The van der Waals surface area contributed by atoms with Crippen LogP contribution in [0.15, 0.2) is 91.0 Å². The normalized spacial score (nSPS) is 23.7. The Bertz CT molecular complexity index is 1080. The highest BCUT2D eigenvalue weighted by atomic mass is 19.1. The molecule has 1 unspecified atom stereocenters. The fourth-order valence-corrected chi connectivity index (χ4v) is 4.65. The number of rotatable bonds is 8. The van der Waals surface area contributed by atoms with Crippen molar-refractivity contribution in [2.75, 3.05) is 6.61 Å². The standard InChI is InChI=1S/C29H29FO7/c1-19(31)35-26-24(37-28(33)25(30)27(26)36-20(2)32)18-34-29(21-12-6-3-7-13-21,22-14-8-4-9-15-22)23-16-10-5-11-17-23/h3-17,24-28,33H,18H2,1-2H3/t24-,25+,26-,27-,28?/m1/s1. The van der Waals surface area contributed by atoms with E-state index in [4.69, 9.17) is 18.9 Å². The molecule has 0 aliphatic carbocycles. The molecule has 1 fully saturated rings. The first-order valence-corrected chi connectivity index (χ1v) is 12.0. The van der Waals surface area contributed by atoms with Gasteiger partial charge in [0.1, 0.15) is 11.7 Å². The number of halogens is 1. The minimum Gasteiger partial charge on any atom is -0.456 e. The SMILES string of the molecule is CC(=O)O[C@H]1[C@H](OC(C)=O)[C@@H](COC(c2ccccc2)(c2ccccc2)c2ccccc2)OC(O)[C@H]1F. The molecule has 0 saturated carbocycles. The fourth-order valence-electron chi connectivity index (χ4n) is 4.65. The van der Waals surface area contributed by atoms with Crippen molar-refractivity contribution in [3.05, 3.63) is 108 Å². The van der Waals surface area contributed by atoms with Gasteiger partial charge in [0.2, 0.25) is 0 Å². The molecule has 1 saturated heterocycles. The van der Waals surface area contributed by atoms with E-state index >= 15 is 0 Å². The van der Waals surface area contributed by atoms with Gasteiger partial charge in [-0.2, -0.15) is 0 Å². The van der Waals surface area contributed by atoms with Crippen molar-refractivity contribution in [1.29, 1.82) is 0 Å². The van der Waals surface area contributed by atoms with Gasteiger partial charge >= 0.3 is 11.9 Å². The van der Waals surface area contributed by atoms with Crippen molar-refractivity contribution in [3.8, 4) is 0 Å². The molecule has 1 N–H and O–H groups in total. The van der Waals surface area contributed by atoms with Gasteiger partial charge in [-0.25, -0.2) is 4.39 Å². The van der Waals surface area contributed by atoms with E-state index in [1.165, 1.54) is 0 Å². The third kappa shape index (κ3) is 5.72. The average Bonchev–Trinajstić information content (AvgIpc) is 2.90. The van der Waals surface area contributed by atoms with Gasteiger partial charge in [0.15, 0.2) is 24.7 Å². The monoisotopic (exact) mass is 508 g/mol. The molecule has 4 rings (SSSR count). The fraction of sp³-hybridized carbons (Fsp3) is 0.310. The summed E-state index contributed by atoms with van der Waals surface area (Å²) in [6.45, 7) is 2.03. The van der Waals surface area contributed by atoms with E-state index in [1.54, 1.807) is 0 Å². The molecule has 3 aromatic rings. The van der Waals surface area contributed by atoms with E-state index in [-0.39, 0.29) is 6.61 Å². The maximum atomic E-state index is 14.9. The van der Waals surface area contributed by atoms with Crippen LogP contribution in [0.1, 0.15) is 30.5 Å². The van der Waals surface area contributed by atoms with Crippen molar-refractivity contribution >= 4 is 11.9 Å². The molecule has 194 valence electrons. The van der Waals surface area contributed by atoms with E-state index < -0.39 is 48.3 Å². The zero-order chi connectivity index (χ0) is 26.4. The highest BCUT2D eigenvalue weighted by Gasteiger charge is 2.51. The summed E-state index contributed by atoms with van der Waals surface area (Å²) in [6.07, 6.45) is -8.10. The highest BCUT2D eigenvalue weighted by molar-refractivity contribution is 5.67. The molecule has 37 heavy (non-hydrogen) atoms. The largest absolute Gasteiger partial charge is 0.456 e. The van der Waals surface area contributed by atoms with E-state index in [0.29, 0.717) is 0 Å². The number of ether oxygens (including phenoxy) is 4. The second-order valence-corrected chi connectivity index (χ2v) is 8.75. The summed E-state index contributed by atoms with van der Waals surface area (Å²) >= 11 is 0. The topological polar surface area (TPSA) is 91.3 Å². The molecule has 1 aliphatic rings. The molecule has 0 radical (unpaired) electrons. The van der Waals surface area contributed by atoms with E-state index in [1.807, 2.05) is 91.0 Å². The zero-order valence-corrected chi connectivity index (χ0v) is 20.5. The Kier molecular flexibility index (Phi) is 8.33. The molecule has 5 atom stereocenters. The molecule has 7 nitrogen and oxygen atoms in total. The number of aliphatic hydroxyl groups is 1. The summed E-state index contributed by atoms with van der Waals surface area (Å²) in [5.74, 6) is -1.51. The van der Waals surface area contributed by atoms with E-state index in [0.717, 1.165) is 30.5 Å². The van der Waals surface area contributed by atoms with E-state index in [2.05, 4.69) is 0 Å². The molecule has 0 aromatic heterocycles. The van der Waals surface area contributed by atoms with Gasteiger partial charge < -0.3 is 24.1 Å². The van der Waals surface area contributed by atoms with E-state index in [9.17, 15) is 19.1 Å². The molecular weight excluding hydrogens is 479 g/mol. The van der Waals surface area contributed by atoms with Crippen LogP contribution >= 0.6 is 0 Å². The quantitative estimate of drug-likeness (QED) is 0.364. The third-order valence-corrected chi connectivity index (χ3v) is 6.20. The predicted molar refractivity (Wildman–Crippen MR) is 132 cm³/mol. The predicted octanol–water partition coefficient (Wildman–Crippen LogP) is 3.91. The molecule has 0 spiro atoms. The Hall–Kier alpha value is -3.59. The summed E-state index contributed by atoms with van der Waals surface area (Å²) in [6, 6.07) is 28.6. The third-order valence-electron chi connectivity index (χ3n) is 6.20. The van der Waals surface area contributed by atoms with Gasteiger partial charge in [0.05, 0.1) is 6.61 Å². The van der Waals surface area contributed by atoms with Gasteiger partial charge in [0.25, 0.3) is 0 Å². The average molecular weight is 509 g/mol. The van der Waals surface area contributed by atoms with Crippen LogP contribution in [0.4, 0.5) is 4.39 Å². The number of carbonyl (C=O) groups excluding carboxylic acids is 2. The first-order valence-electron chi connectivity index (χ1n) is 12.0. The van der Waals surface area contributed by atoms with Crippen molar-refractivity contribution in [2.45, 2.75) is 50.2 Å².